The first-order chi connectivity index (χ1) is 10.2. The van der Waals surface area contributed by atoms with Gasteiger partial charge in [0.05, 0.1) is 6.54 Å². The Morgan fingerprint density at radius 1 is 1.18 bits per heavy atom. The quantitative estimate of drug-likeness (QED) is 0.711. The van der Waals surface area contributed by atoms with Crippen LogP contribution in [0.1, 0.15) is 42.6 Å². The fraction of sp³-hybridized carbons (Fsp3) is 0.438. The highest BCUT2D eigenvalue weighted by molar-refractivity contribution is 5.97. The Bertz CT molecular complexity index is 567. The highest BCUT2D eigenvalue weighted by Gasteiger charge is 2.21. The molecule has 0 aliphatic carbocycles. The van der Waals surface area contributed by atoms with Crippen molar-refractivity contribution < 1.29 is 19.5 Å². The van der Waals surface area contributed by atoms with Crippen molar-refractivity contribution in [3.63, 3.8) is 0 Å². The molecule has 22 heavy (non-hydrogen) atoms. The minimum Gasteiger partial charge on any atom is -0.481 e. The molecule has 6 nitrogen and oxygen atoms in total. The molecule has 0 aromatic heterocycles. The summed E-state index contributed by atoms with van der Waals surface area (Å²) in [5, 5.41) is 13.9. The van der Waals surface area contributed by atoms with Gasteiger partial charge in [-0.3, -0.25) is 14.4 Å². The van der Waals surface area contributed by atoms with Crippen LogP contribution in [-0.4, -0.2) is 35.0 Å². The van der Waals surface area contributed by atoms with E-state index < -0.39 is 11.5 Å². The van der Waals surface area contributed by atoms with E-state index in [1.165, 1.54) is 0 Å². The van der Waals surface area contributed by atoms with Gasteiger partial charge in [-0.05, 0) is 38.8 Å². The molecule has 1 aromatic rings. The van der Waals surface area contributed by atoms with Gasteiger partial charge in [0.25, 0.3) is 5.91 Å². The Labute approximate surface area is 129 Å². The van der Waals surface area contributed by atoms with E-state index in [1.54, 1.807) is 26.0 Å². The number of carboxylic acid groups (broad SMARTS) is 1. The molecular weight excluding hydrogens is 284 g/mol. The van der Waals surface area contributed by atoms with E-state index in [9.17, 15) is 14.4 Å². The average Bonchev–Trinajstić information content (AvgIpc) is 2.43. The molecule has 1 aromatic carbocycles. The lowest BCUT2D eigenvalue weighted by molar-refractivity contribution is -0.137. The zero-order valence-corrected chi connectivity index (χ0v) is 13.1. The normalized spacial score (nSPS) is 10.9. The largest absolute Gasteiger partial charge is 0.481 e. The lowest BCUT2D eigenvalue weighted by Crippen LogP contribution is -2.48. The van der Waals surface area contributed by atoms with Crippen molar-refractivity contribution >= 4 is 17.8 Å². The SMILES string of the molecule is Cc1ccccc1C(=O)NCC(=O)NC(C)(C)CCC(=O)O. The van der Waals surface area contributed by atoms with Crippen LogP contribution in [0.3, 0.4) is 0 Å². The lowest BCUT2D eigenvalue weighted by Gasteiger charge is -2.25. The van der Waals surface area contributed by atoms with Crippen molar-refractivity contribution in [2.24, 2.45) is 0 Å². The number of rotatable bonds is 7. The predicted octanol–water partition coefficient (Wildman–Crippen LogP) is 1.48. The van der Waals surface area contributed by atoms with Crippen LogP contribution in [0.2, 0.25) is 0 Å². The van der Waals surface area contributed by atoms with Gasteiger partial charge in [-0.25, -0.2) is 0 Å². The minimum absolute atomic E-state index is 0.0250. The van der Waals surface area contributed by atoms with Crippen molar-refractivity contribution in [1.29, 1.82) is 0 Å². The van der Waals surface area contributed by atoms with E-state index in [-0.39, 0.29) is 24.8 Å². The first kappa shape index (κ1) is 17.7. The molecule has 3 N–H and O–H groups in total. The number of amides is 2. The van der Waals surface area contributed by atoms with Crippen molar-refractivity contribution in [2.75, 3.05) is 6.54 Å². The molecule has 0 bridgehead atoms. The number of carbonyl (C=O) groups excluding carboxylic acids is 2. The summed E-state index contributed by atoms with van der Waals surface area (Å²) in [6.07, 6.45) is 0.294. The molecular formula is C16H22N2O4. The van der Waals surface area contributed by atoms with Crippen molar-refractivity contribution in [1.82, 2.24) is 10.6 Å². The summed E-state index contributed by atoms with van der Waals surface area (Å²) in [4.78, 5) is 34.4. The summed E-state index contributed by atoms with van der Waals surface area (Å²) in [5.74, 6) is -1.57. The predicted molar refractivity (Wildman–Crippen MR) is 82.6 cm³/mol. The van der Waals surface area contributed by atoms with E-state index in [0.717, 1.165) is 5.56 Å². The van der Waals surface area contributed by atoms with Crippen LogP contribution in [0, 0.1) is 6.92 Å². The molecule has 0 saturated carbocycles. The molecule has 2 amide bonds. The van der Waals surface area contributed by atoms with E-state index in [0.29, 0.717) is 12.0 Å². The number of hydrogen-bond acceptors (Lipinski definition) is 3. The van der Waals surface area contributed by atoms with Crippen LogP contribution in [0.25, 0.3) is 0 Å². The second kappa shape index (κ2) is 7.59. The number of aryl methyl sites for hydroxylation is 1. The molecule has 6 heteroatoms. The molecule has 1 rings (SSSR count). The number of aliphatic carboxylic acids is 1. The Morgan fingerprint density at radius 3 is 2.41 bits per heavy atom. The molecule has 0 fully saturated rings. The summed E-state index contributed by atoms with van der Waals surface area (Å²) in [7, 11) is 0. The second-order valence-corrected chi connectivity index (χ2v) is 5.82. The summed E-state index contributed by atoms with van der Waals surface area (Å²) >= 11 is 0. The van der Waals surface area contributed by atoms with Gasteiger partial charge in [-0.1, -0.05) is 18.2 Å². The summed E-state index contributed by atoms with van der Waals surface area (Å²) < 4.78 is 0. The van der Waals surface area contributed by atoms with Gasteiger partial charge >= 0.3 is 5.97 Å². The van der Waals surface area contributed by atoms with Gasteiger partial charge in [0.15, 0.2) is 0 Å². The number of nitrogens with one attached hydrogen (secondary N) is 2. The van der Waals surface area contributed by atoms with Crippen LogP contribution < -0.4 is 10.6 Å². The molecule has 0 saturated heterocycles. The Hall–Kier alpha value is -2.37. The van der Waals surface area contributed by atoms with Crippen molar-refractivity contribution in [3.05, 3.63) is 35.4 Å². The van der Waals surface area contributed by atoms with Crippen LogP contribution in [0.4, 0.5) is 0 Å². The minimum atomic E-state index is -0.907. The molecule has 0 aliphatic rings. The van der Waals surface area contributed by atoms with Crippen LogP contribution >= 0.6 is 0 Å². The lowest BCUT2D eigenvalue weighted by atomic mass is 9.98. The second-order valence-electron chi connectivity index (χ2n) is 5.82. The van der Waals surface area contributed by atoms with Gasteiger partial charge in [0.1, 0.15) is 0 Å². The van der Waals surface area contributed by atoms with Gasteiger partial charge < -0.3 is 15.7 Å². The average molecular weight is 306 g/mol. The third kappa shape index (κ3) is 5.95. The maximum Gasteiger partial charge on any atom is 0.303 e. The Balaban J connectivity index is 2.47. The molecule has 0 unspecified atom stereocenters. The monoisotopic (exact) mass is 306 g/mol. The maximum atomic E-state index is 12.0. The number of benzene rings is 1. The molecule has 0 radical (unpaired) electrons. The number of hydrogen-bond donors (Lipinski definition) is 3. The topological polar surface area (TPSA) is 95.5 Å². The standard InChI is InChI=1S/C16H22N2O4/c1-11-6-4-5-7-12(11)15(22)17-10-13(19)18-16(2,3)9-8-14(20)21/h4-7H,8-10H2,1-3H3,(H,17,22)(H,18,19)(H,20,21). The van der Waals surface area contributed by atoms with E-state index in [2.05, 4.69) is 10.6 Å². The third-order valence-electron chi connectivity index (χ3n) is 3.24. The third-order valence-corrected chi connectivity index (χ3v) is 3.24. The highest BCUT2D eigenvalue weighted by atomic mass is 16.4. The van der Waals surface area contributed by atoms with Gasteiger partial charge in [0, 0.05) is 17.5 Å². The van der Waals surface area contributed by atoms with E-state index in [1.807, 2.05) is 19.1 Å². The van der Waals surface area contributed by atoms with Crippen molar-refractivity contribution in [3.8, 4) is 0 Å². The van der Waals surface area contributed by atoms with Gasteiger partial charge in [-0.15, -0.1) is 0 Å². The van der Waals surface area contributed by atoms with E-state index >= 15 is 0 Å². The summed E-state index contributed by atoms with van der Waals surface area (Å²) in [6.45, 7) is 5.17. The van der Waals surface area contributed by atoms with Crippen LogP contribution in [0.5, 0.6) is 0 Å². The summed E-state index contributed by atoms with van der Waals surface area (Å²) in [5.41, 5.74) is 0.728. The van der Waals surface area contributed by atoms with E-state index in [4.69, 9.17) is 5.11 Å². The Kier molecular flexibility index (Phi) is 6.10. The smallest absolute Gasteiger partial charge is 0.303 e. The van der Waals surface area contributed by atoms with Crippen LogP contribution in [0.15, 0.2) is 24.3 Å². The first-order valence-corrected chi connectivity index (χ1v) is 7.08. The molecule has 120 valence electrons. The fourth-order valence-corrected chi connectivity index (χ4v) is 1.99. The molecule has 0 aliphatic heterocycles. The van der Waals surface area contributed by atoms with Gasteiger partial charge in [0.2, 0.25) is 5.91 Å². The maximum absolute atomic E-state index is 12.0. The first-order valence-electron chi connectivity index (χ1n) is 7.08. The number of carbonyl (C=O) groups is 3. The fourth-order valence-electron chi connectivity index (χ4n) is 1.99. The Morgan fingerprint density at radius 2 is 1.82 bits per heavy atom. The number of carboxylic acids is 1. The molecule has 0 atom stereocenters. The zero-order chi connectivity index (χ0) is 16.8. The van der Waals surface area contributed by atoms with Gasteiger partial charge in [-0.2, -0.15) is 0 Å². The summed E-state index contributed by atoms with van der Waals surface area (Å²) in [6, 6.07) is 7.12. The molecule has 0 heterocycles. The highest BCUT2D eigenvalue weighted by Crippen LogP contribution is 2.11. The zero-order valence-electron chi connectivity index (χ0n) is 13.1. The van der Waals surface area contributed by atoms with Crippen molar-refractivity contribution in [2.45, 2.75) is 39.2 Å². The molecule has 0 spiro atoms. The van der Waals surface area contributed by atoms with Crippen LogP contribution in [-0.2, 0) is 9.59 Å².